The zero-order valence-corrected chi connectivity index (χ0v) is 35.2. The van der Waals surface area contributed by atoms with E-state index in [-0.39, 0.29) is 0 Å². The number of aromatic nitrogens is 4. The molecular formula is C58H38N4Si. The molecule has 1 aliphatic heterocycles. The minimum absolute atomic E-state index is 0.732. The topological polar surface area (TPSA) is 35.6 Å². The third kappa shape index (κ3) is 5.14. The van der Waals surface area contributed by atoms with E-state index in [4.69, 9.17) is 9.97 Å². The summed E-state index contributed by atoms with van der Waals surface area (Å²) in [6.07, 6.45) is 0. The fourth-order valence-corrected chi connectivity index (χ4v) is 15.9. The Kier molecular flexibility index (Phi) is 7.89. The highest BCUT2D eigenvalue weighted by atomic mass is 28.3. The van der Waals surface area contributed by atoms with Gasteiger partial charge >= 0.3 is 0 Å². The van der Waals surface area contributed by atoms with Crippen molar-refractivity contribution in [2.24, 2.45) is 0 Å². The third-order valence-corrected chi connectivity index (χ3v) is 18.1. The minimum atomic E-state index is -2.92. The fraction of sp³-hybridized carbons (Fsp3) is 0. The van der Waals surface area contributed by atoms with Gasteiger partial charge in [-0.05, 0) is 64.1 Å². The van der Waals surface area contributed by atoms with Crippen molar-refractivity contribution in [2.45, 2.75) is 0 Å². The van der Waals surface area contributed by atoms with E-state index in [1.165, 1.54) is 69.9 Å². The van der Waals surface area contributed by atoms with Gasteiger partial charge < -0.3 is 9.13 Å². The summed E-state index contributed by atoms with van der Waals surface area (Å²) >= 11 is 0. The van der Waals surface area contributed by atoms with Gasteiger partial charge in [-0.25, -0.2) is 9.97 Å². The first-order valence-corrected chi connectivity index (χ1v) is 23.6. The molecule has 5 heteroatoms. The number of hydrogen-bond donors (Lipinski definition) is 0. The highest BCUT2D eigenvalue weighted by molar-refractivity contribution is 7.22. The number of hydrogen-bond acceptors (Lipinski definition) is 2. The Morgan fingerprint density at radius 1 is 0.333 bits per heavy atom. The van der Waals surface area contributed by atoms with Crippen molar-refractivity contribution in [2.75, 3.05) is 0 Å². The molecule has 0 aliphatic carbocycles. The molecule has 0 saturated carbocycles. The van der Waals surface area contributed by atoms with Crippen molar-refractivity contribution in [3.05, 3.63) is 231 Å². The van der Waals surface area contributed by atoms with Gasteiger partial charge in [-0.15, -0.1) is 0 Å². The predicted molar refractivity (Wildman–Crippen MR) is 264 cm³/mol. The highest BCUT2D eigenvalue weighted by Crippen LogP contribution is 2.43. The van der Waals surface area contributed by atoms with Crippen LogP contribution in [-0.2, 0) is 0 Å². The van der Waals surface area contributed by atoms with Crippen molar-refractivity contribution in [1.29, 1.82) is 0 Å². The molecule has 0 N–H and O–H groups in total. The van der Waals surface area contributed by atoms with Crippen molar-refractivity contribution in [3.8, 4) is 45.3 Å². The van der Waals surface area contributed by atoms with E-state index in [0.29, 0.717) is 0 Å². The van der Waals surface area contributed by atoms with E-state index >= 15 is 0 Å². The van der Waals surface area contributed by atoms with E-state index in [1.807, 2.05) is 0 Å². The van der Waals surface area contributed by atoms with Gasteiger partial charge in [0.05, 0.1) is 33.5 Å². The molecule has 9 aromatic carbocycles. The van der Waals surface area contributed by atoms with Gasteiger partial charge in [-0.1, -0.05) is 182 Å². The van der Waals surface area contributed by atoms with E-state index in [9.17, 15) is 0 Å². The monoisotopic (exact) mass is 818 g/mol. The summed E-state index contributed by atoms with van der Waals surface area (Å²) in [5, 5.41) is 10.2. The van der Waals surface area contributed by atoms with Gasteiger partial charge in [0, 0.05) is 54.8 Å². The first-order chi connectivity index (χ1) is 31.3. The molecule has 4 heterocycles. The molecule has 63 heavy (non-hydrogen) atoms. The maximum atomic E-state index is 5.61. The summed E-state index contributed by atoms with van der Waals surface area (Å²) in [4.78, 5) is 11.1. The second kappa shape index (κ2) is 14.0. The molecule has 0 unspecified atom stereocenters. The molecule has 0 radical (unpaired) electrons. The van der Waals surface area contributed by atoms with E-state index in [2.05, 4.69) is 240 Å². The largest absolute Gasteiger partial charge is 0.309 e. The predicted octanol–water partition coefficient (Wildman–Crippen LogP) is 11.4. The Morgan fingerprint density at radius 3 is 1.38 bits per heavy atom. The number of rotatable bonds is 6. The molecule has 0 saturated heterocycles. The SMILES string of the molecule is c1ccc(-c2nc(-c3ccc(-n4c5ccccc5c5c6c7ccccc7n(-c7ccccc7)c6ccc54)cc3)c3c(n2)-c2ccccc2[Si]3(c2ccccc2)c2ccccc2)cc1. The summed E-state index contributed by atoms with van der Waals surface area (Å²) in [6.45, 7) is 0. The number of benzene rings is 9. The van der Waals surface area contributed by atoms with Crippen molar-refractivity contribution < 1.29 is 0 Å². The van der Waals surface area contributed by atoms with Crippen LogP contribution in [0.3, 0.4) is 0 Å². The van der Waals surface area contributed by atoms with E-state index in [0.717, 1.165) is 39.7 Å². The Labute approximate surface area is 365 Å². The summed E-state index contributed by atoms with van der Waals surface area (Å²) in [7, 11) is -2.92. The number of nitrogens with zero attached hydrogens (tertiary/aromatic N) is 4. The van der Waals surface area contributed by atoms with Gasteiger partial charge in [0.2, 0.25) is 0 Å². The second-order valence-corrected chi connectivity index (χ2v) is 20.1. The summed E-state index contributed by atoms with van der Waals surface area (Å²) < 4.78 is 4.84. The molecule has 3 aromatic heterocycles. The van der Waals surface area contributed by atoms with E-state index < -0.39 is 8.07 Å². The van der Waals surface area contributed by atoms with Crippen molar-refractivity contribution in [3.63, 3.8) is 0 Å². The zero-order chi connectivity index (χ0) is 41.5. The first-order valence-electron chi connectivity index (χ1n) is 21.6. The van der Waals surface area contributed by atoms with Crippen LogP contribution in [0.25, 0.3) is 88.9 Å². The van der Waals surface area contributed by atoms with Crippen LogP contribution in [0.4, 0.5) is 0 Å². The third-order valence-electron chi connectivity index (χ3n) is 13.2. The Hall–Kier alpha value is -8.12. The summed E-state index contributed by atoms with van der Waals surface area (Å²) in [6, 6.07) is 83.7. The molecule has 0 bridgehead atoms. The lowest BCUT2D eigenvalue weighted by atomic mass is 10.1. The summed E-state index contributed by atoms with van der Waals surface area (Å²) in [5.74, 6) is 0.732. The zero-order valence-electron chi connectivity index (χ0n) is 34.2. The Morgan fingerprint density at radius 2 is 0.794 bits per heavy atom. The lowest BCUT2D eigenvalue weighted by molar-refractivity contribution is 1.17. The molecule has 13 rings (SSSR count). The van der Waals surface area contributed by atoms with Gasteiger partial charge in [0.1, 0.15) is 0 Å². The van der Waals surface area contributed by atoms with Crippen LogP contribution < -0.4 is 20.7 Å². The number of para-hydroxylation sites is 3. The molecule has 0 amide bonds. The molecular weight excluding hydrogens is 781 g/mol. The fourth-order valence-electron chi connectivity index (χ4n) is 10.7. The average molecular weight is 819 g/mol. The average Bonchev–Trinajstić information content (AvgIpc) is 3.99. The molecule has 4 nitrogen and oxygen atoms in total. The smallest absolute Gasteiger partial charge is 0.185 e. The first kappa shape index (κ1) is 35.6. The Balaban J connectivity index is 1.07. The van der Waals surface area contributed by atoms with E-state index in [1.54, 1.807) is 0 Å². The molecule has 1 aliphatic rings. The summed E-state index contributed by atoms with van der Waals surface area (Å²) in [5.41, 5.74) is 12.3. The van der Waals surface area contributed by atoms with Gasteiger partial charge in [-0.3, -0.25) is 0 Å². The molecule has 12 aromatic rings. The van der Waals surface area contributed by atoms with Crippen molar-refractivity contribution >= 4 is 72.4 Å². The van der Waals surface area contributed by atoms with Crippen LogP contribution in [0.1, 0.15) is 0 Å². The highest BCUT2D eigenvalue weighted by Gasteiger charge is 2.51. The lowest BCUT2D eigenvalue weighted by Gasteiger charge is -2.32. The lowest BCUT2D eigenvalue weighted by Crippen LogP contribution is -2.73. The number of fused-ring (bicyclic) bond motifs is 10. The molecule has 0 spiro atoms. The van der Waals surface area contributed by atoms with Gasteiger partial charge in [0.15, 0.2) is 13.9 Å². The normalized spacial score (nSPS) is 12.9. The van der Waals surface area contributed by atoms with Gasteiger partial charge in [0.25, 0.3) is 0 Å². The maximum absolute atomic E-state index is 5.61. The van der Waals surface area contributed by atoms with Gasteiger partial charge in [-0.2, -0.15) is 0 Å². The molecule has 294 valence electrons. The Bertz CT molecular complexity index is 3670. The molecule has 0 atom stereocenters. The van der Waals surface area contributed by atoms with Crippen LogP contribution in [0.2, 0.25) is 0 Å². The minimum Gasteiger partial charge on any atom is -0.309 e. The van der Waals surface area contributed by atoms with Crippen LogP contribution in [-0.4, -0.2) is 27.2 Å². The second-order valence-electron chi connectivity index (χ2n) is 16.5. The van der Waals surface area contributed by atoms with Crippen LogP contribution >= 0.6 is 0 Å². The van der Waals surface area contributed by atoms with Crippen LogP contribution in [0.5, 0.6) is 0 Å². The van der Waals surface area contributed by atoms with Crippen molar-refractivity contribution in [1.82, 2.24) is 19.1 Å². The van der Waals surface area contributed by atoms with Crippen LogP contribution in [0.15, 0.2) is 231 Å². The standard InChI is InChI=1S/C58H38N4Si/c1-5-19-40(20-6-1)58-59-55(57-56(60-58)47-29-15-18-32-52(47)63(57,43-23-9-3-10-24-43)44-25-11-4-12-26-44)39-33-35-42(36-34-39)62-49-31-17-14-28-46(49)54-51(62)38-37-50-53(54)45-27-13-16-30-48(45)61(50)41-21-7-2-8-22-41/h1-38H. The molecule has 0 fully saturated rings. The maximum Gasteiger partial charge on any atom is 0.185 e. The van der Waals surface area contributed by atoms with Crippen LogP contribution in [0, 0.1) is 0 Å². The quantitative estimate of drug-likeness (QED) is 0.157.